The Labute approximate surface area is 136 Å². The highest BCUT2D eigenvalue weighted by Gasteiger charge is 2.23. The lowest BCUT2D eigenvalue weighted by Gasteiger charge is -2.30. The molecule has 22 heavy (non-hydrogen) atoms. The Bertz CT molecular complexity index is 354. The molecule has 2 rings (SSSR count). The molecule has 0 bridgehead atoms. The van der Waals surface area contributed by atoms with Crippen molar-refractivity contribution in [2.45, 2.75) is 77.0 Å². The molecule has 124 valence electrons. The van der Waals surface area contributed by atoms with Crippen LogP contribution in [0.15, 0.2) is 12.2 Å². The molecule has 0 atom stereocenters. The Kier molecular flexibility index (Phi) is 7.99. The van der Waals surface area contributed by atoms with Gasteiger partial charge >= 0.3 is 0 Å². The van der Waals surface area contributed by atoms with Gasteiger partial charge in [0.25, 0.3) is 0 Å². The van der Waals surface area contributed by atoms with Gasteiger partial charge in [-0.1, -0.05) is 25.0 Å². The van der Waals surface area contributed by atoms with Crippen molar-refractivity contribution < 1.29 is 4.39 Å². The first-order chi connectivity index (χ1) is 10.8. The van der Waals surface area contributed by atoms with Gasteiger partial charge < -0.3 is 0 Å². The molecule has 2 saturated carbocycles. The maximum absolute atomic E-state index is 12.0. The number of unbranched alkanes of at least 4 members (excludes halogenated alkanes) is 1. The lowest BCUT2D eigenvalue weighted by atomic mass is 9.76. The number of hydrogen-bond donors (Lipinski definition) is 0. The van der Waals surface area contributed by atoms with Crippen LogP contribution in [-0.2, 0) is 0 Å². The van der Waals surface area contributed by atoms with E-state index in [4.69, 9.17) is 5.26 Å². The number of rotatable bonds is 7. The fourth-order valence-electron chi connectivity index (χ4n) is 4.20. The second kappa shape index (κ2) is 10.0. The summed E-state index contributed by atoms with van der Waals surface area (Å²) < 4.78 is 12.0. The van der Waals surface area contributed by atoms with Gasteiger partial charge in [-0.25, -0.2) is 0 Å². The first kappa shape index (κ1) is 17.5. The van der Waals surface area contributed by atoms with Crippen molar-refractivity contribution in [1.82, 2.24) is 0 Å². The molecule has 0 aromatic heterocycles. The van der Waals surface area contributed by atoms with Crippen LogP contribution in [0.5, 0.6) is 0 Å². The molecule has 0 heterocycles. The van der Waals surface area contributed by atoms with Gasteiger partial charge in [0, 0.05) is 5.92 Å². The zero-order valence-electron chi connectivity index (χ0n) is 14.0. The molecule has 0 aromatic carbocycles. The largest absolute Gasteiger partial charge is 0.251 e. The molecule has 2 fully saturated rings. The summed E-state index contributed by atoms with van der Waals surface area (Å²) in [7, 11) is 0. The maximum Gasteiger partial charge on any atom is 0.0897 e. The standard InChI is InChI=1S/C20H32FN/c21-15-3-1-2-4-17-5-7-18(8-6-17)9-10-19-11-13-20(16-22)14-12-19/h2,4,17-20H,1,3,5-15H2. The highest BCUT2D eigenvalue weighted by Crippen LogP contribution is 2.36. The molecule has 2 heteroatoms. The Morgan fingerprint density at radius 2 is 1.50 bits per heavy atom. The van der Waals surface area contributed by atoms with Crippen LogP contribution in [0.1, 0.15) is 77.0 Å². The summed E-state index contributed by atoms with van der Waals surface area (Å²) >= 11 is 0. The second-order valence-electron chi connectivity index (χ2n) is 7.46. The lowest BCUT2D eigenvalue weighted by molar-refractivity contribution is 0.242. The fraction of sp³-hybridized carbons (Fsp3) is 0.850. The smallest absolute Gasteiger partial charge is 0.0897 e. The van der Waals surface area contributed by atoms with E-state index in [2.05, 4.69) is 18.2 Å². The zero-order valence-corrected chi connectivity index (χ0v) is 14.0. The van der Waals surface area contributed by atoms with Crippen molar-refractivity contribution in [2.24, 2.45) is 23.7 Å². The van der Waals surface area contributed by atoms with Gasteiger partial charge in [0.15, 0.2) is 0 Å². The Morgan fingerprint density at radius 3 is 2.05 bits per heavy atom. The Morgan fingerprint density at radius 1 is 0.909 bits per heavy atom. The summed E-state index contributed by atoms with van der Waals surface area (Å²) in [6, 6.07) is 2.43. The van der Waals surface area contributed by atoms with E-state index in [9.17, 15) is 4.39 Å². The van der Waals surface area contributed by atoms with Crippen LogP contribution in [0.3, 0.4) is 0 Å². The number of nitrogens with zero attached hydrogens (tertiary/aromatic N) is 1. The molecule has 2 aliphatic rings. The van der Waals surface area contributed by atoms with E-state index in [-0.39, 0.29) is 6.67 Å². The van der Waals surface area contributed by atoms with Gasteiger partial charge in [-0.3, -0.25) is 4.39 Å². The number of allylic oxidation sites excluding steroid dienone is 2. The normalized spacial score (nSPS) is 32.9. The summed E-state index contributed by atoms with van der Waals surface area (Å²) in [6.07, 6.45) is 19.2. The second-order valence-corrected chi connectivity index (χ2v) is 7.46. The van der Waals surface area contributed by atoms with Crippen molar-refractivity contribution in [1.29, 1.82) is 5.26 Å². The molecule has 0 N–H and O–H groups in total. The summed E-state index contributed by atoms with van der Waals surface area (Å²) in [4.78, 5) is 0. The highest BCUT2D eigenvalue weighted by molar-refractivity contribution is 4.91. The summed E-state index contributed by atoms with van der Waals surface area (Å²) in [5.41, 5.74) is 0. The number of alkyl halides is 1. The molecular formula is C20H32FN. The van der Waals surface area contributed by atoms with E-state index in [1.807, 2.05) is 0 Å². The molecule has 0 saturated heterocycles. The third-order valence-corrected chi connectivity index (χ3v) is 5.82. The third kappa shape index (κ3) is 6.11. The minimum absolute atomic E-state index is 0.187. The van der Waals surface area contributed by atoms with Gasteiger partial charge in [-0.05, 0) is 82.0 Å². The average Bonchev–Trinajstić information content (AvgIpc) is 2.58. The molecule has 0 radical (unpaired) electrons. The Hall–Kier alpha value is -0.840. The SMILES string of the molecule is N#CC1CCC(CCC2CCC(C=CCCCF)CC2)CC1. The average molecular weight is 305 g/mol. The van der Waals surface area contributed by atoms with Gasteiger partial charge in [0.2, 0.25) is 0 Å². The van der Waals surface area contributed by atoms with E-state index in [0.29, 0.717) is 12.3 Å². The van der Waals surface area contributed by atoms with Crippen molar-refractivity contribution in [3.8, 4) is 6.07 Å². The van der Waals surface area contributed by atoms with Crippen LogP contribution >= 0.6 is 0 Å². The predicted molar refractivity (Wildman–Crippen MR) is 90.1 cm³/mol. The van der Waals surface area contributed by atoms with E-state index in [1.54, 1.807) is 0 Å². The number of halogens is 1. The topological polar surface area (TPSA) is 23.8 Å². The summed E-state index contributed by atoms with van der Waals surface area (Å²) in [5.74, 6) is 2.92. The van der Waals surface area contributed by atoms with Crippen LogP contribution < -0.4 is 0 Å². The highest BCUT2D eigenvalue weighted by atomic mass is 19.1. The van der Waals surface area contributed by atoms with E-state index in [0.717, 1.165) is 37.0 Å². The van der Waals surface area contributed by atoms with Crippen LogP contribution in [0.25, 0.3) is 0 Å². The van der Waals surface area contributed by atoms with Gasteiger partial charge in [0.05, 0.1) is 12.7 Å². The maximum atomic E-state index is 12.0. The Balaban J connectivity index is 1.56. The molecular weight excluding hydrogens is 273 g/mol. The predicted octanol–water partition coefficient (Wildman–Crippen LogP) is 6.21. The summed E-state index contributed by atoms with van der Waals surface area (Å²) in [5, 5.41) is 8.95. The van der Waals surface area contributed by atoms with Crippen LogP contribution in [0.2, 0.25) is 0 Å². The molecule has 0 spiro atoms. The van der Waals surface area contributed by atoms with Crippen molar-refractivity contribution >= 4 is 0 Å². The molecule has 2 aliphatic carbocycles. The monoisotopic (exact) mass is 305 g/mol. The van der Waals surface area contributed by atoms with Crippen LogP contribution in [0.4, 0.5) is 4.39 Å². The lowest BCUT2D eigenvalue weighted by Crippen LogP contribution is -2.17. The molecule has 0 amide bonds. The van der Waals surface area contributed by atoms with Gasteiger partial charge in [-0.2, -0.15) is 5.26 Å². The van der Waals surface area contributed by atoms with E-state index >= 15 is 0 Å². The van der Waals surface area contributed by atoms with Crippen molar-refractivity contribution in [3.63, 3.8) is 0 Å². The van der Waals surface area contributed by atoms with E-state index in [1.165, 1.54) is 51.4 Å². The van der Waals surface area contributed by atoms with Crippen LogP contribution in [0, 0.1) is 35.0 Å². The van der Waals surface area contributed by atoms with Crippen molar-refractivity contribution in [2.75, 3.05) is 6.67 Å². The van der Waals surface area contributed by atoms with Crippen molar-refractivity contribution in [3.05, 3.63) is 12.2 Å². The molecule has 0 unspecified atom stereocenters. The zero-order chi connectivity index (χ0) is 15.6. The summed E-state index contributed by atoms with van der Waals surface area (Å²) in [6.45, 7) is -0.187. The molecule has 0 aliphatic heterocycles. The third-order valence-electron chi connectivity index (χ3n) is 5.82. The quantitative estimate of drug-likeness (QED) is 0.405. The van der Waals surface area contributed by atoms with Crippen LogP contribution in [-0.4, -0.2) is 6.67 Å². The van der Waals surface area contributed by atoms with Gasteiger partial charge in [0.1, 0.15) is 0 Å². The minimum atomic E-state index is -0.187. The molecule has 0 aromatic rings. The first-order valence-electron chi connectivity index (χ1n) is 9.44. The fourth-order valence-corrected chi connectivity index (χ4v) is 4.20. The van der Waals surface area contributed by atoms with Gasteiger partial charge in [-0.15, -0.1) is 0 Å². The first-order valence-corrected chi connectivity index (χ1v) is 9.44. The molecule has 1 nitrogen and oxygen atoms in total. The minimum Gasteiger partial charge on any atom is -0.251 e. The number of hydrogen-bond acceptors (Lipinski definition) is 1. The number of nitriles is 1. The van der Waals surface area contributed by atoms with E-state index < -0.39 is 0 Å².